The Bertz CT molecular complexity index is 2430. The van der Waals surface area contributed by atoms with Crippen molar-refractivity contribution in [2.45, 2.75) is 75.3 Å². The molecule has 2 aromatic carbocycles. The zero-order valence-electron chi connectivity index (χ0n) is 31.5. The van der Waals surface area contributed by atoms with Crippen LogP contribution in [0.3, 0.4) is 0 Å². The summed E-state index contributed by atoms with van der Waals surface area (Å²) in [5.74, 6) is -2.29. The Kier molecular flexibility index (Phi) is 8.54. The second-order valence-corrected chi connectivity index (χ2v) is 16.2. The van der Waals surface area contributed by atoms with Gasteiger partial charge in [0.15, 0.2) is 11.3 Å². The third-order valence-corrected chi connectivity index (χ3v) is 12.4. The van der Waals surface area contributed by atoms with Gasteiger partial charge in [-0.1, -0.05) is 0 Å². The lowest BCUT2D eigenvalue weighted by molar-refractivity contribution is -0.136. The van der Waals surface area contributed by atoms with E-state index in [1.165, 1.54) is 16.8 Å². The highest BCUT2D eigenvalue weighted by atomic mass is 19.1. The van der Waals surface area contributed by atoms with Crippen LogP contribution in [-0.4, -0.2) is 121 Å². The summed E-state index contributed by atoms with van der Waals surface area (Å²) in [6.45, 7) is 2.08. The first-order chi connectivity index (χ1) is 28.0. The molecule has 17 heteroatoms. The Balaban J connectivity index is 0.760. The summed E-state index contributed by atoms with van der Waals surface area (Å²) < 4.78 is 23.9. The molecular weight excluding hydrogens is 750 g/mol. The van der Waals surface area contributed by atoms with Crippen LogP contribution in [0.2, 0.25) is 0 Å². The van der Waals surface area contributed by atoms with Crippen LogP contribution < -0.4 is 20.3 Å². The summed E-state index contributed by atoms with van der Waals surface area (Å²) in [5, 5.41) is 9.42. The zero-order valence-corrected chi connectivity index (χ0v) is 31.5. The second kappa shape index (κ2) is 13.7. The van der Waals surface area contributed by atoms with Gasteiger partial charge in [0.05, 0.1) is 42.2 Å². The molecule has 0 bridgehead atoms. The topological polar surface area (TPSA) is 179 Å². The van der Waals surface area contributed by atoms with E-state index in [0.29, 0.717) is 66.4 Å². The van der Waals surface area contributed by atoms with Crippen LogP contribution in [0.5, 0.6) is 5.75 Å². The van der Waals surface area contributed by atoms with E-state index in [9.17, 15) is 28.8 Å². The molecule has 2 N–H and O–H groups in total. The quantitative estimate of drug-likeness (QED) is 0.238. The van der Waals surface area contributed by atoms with Gasteiger partial charge < -0.3 is 19.9 Å². The molecule has 7 heterocycles. The minimum Gasteiger partial charge on any atom is -0.488 e. The van der Waals surface area contributed by atoms with Gasteiger partial charge in [0, 0.05) is 62.3 Å². The van der Waals surface area contributed by atoms with Crippen molar-refractivity contribution in [2.75, 3.05) is 42.9 Å². The minimum absolute atomic E-state index is 0.0203. The molecule has 4 aromatic rings. The molecule has 3 saturated heterocycles. The number of fused-ring (bicyclic) bond motifs is 3. The number of imide groups is 2. The predicted octanol–water partition coefficient (Wildman–Crippen LogP) is 2.96. The molecule has 298 valence electrons. The fourth-order valence-corrected chi connectivity index (χ4v) is 9.07. The van der Waals surface area contributed by atoms with Crippen LogP contribution in [0.15, 0.2) is 55.0 Å². The van der Waals surface area contributed by atoms with Gasteiger partial charge in [0.25, 0.3) is 23.6 Å². The maximum absolute atomic E-state index is 16.1. The molecule has 1 unspecified atom stereocenters. The van der Waals surface area contributed by atoms with Crippen LogP contribution in [0.4, 0.5) is 15.8 Å². The number of hydrogen-bond acceptors (Lipinski definition) is 11. The number of likely N-dealkylation sites (tertiary alicyclic amines) is 1. The molecule has 0 radical (unpaired) electrons. The number of aromatic nitrogens is 3. The molecule has 1 atom stereocenters. The van der Waals surface area contributed by atoms with Crippen molar-refractivity contribution < 1.29 is 37.9 Å². The normalized spacial score (nSPS) is 22.2. The Morgan fingerprint density at radius 3 is 2.50 bits per heavy atom. The third-order valence-electron chi connectivity index (χ3n) is 12.4. The summed E-state index contributed by atoms with van der Waals surface area (Å²) in [6.07, 6.45) is 9.16. The molecule has 2 aromatic heterocycles. The number of amides is 6. The lowest BCUT2D eigenvalue weighted by atomic mass is 9.92. The van der Waals surface area contributed by atoms with E-state index in [1.807, 2.05) is 15.9 Å². The molecular formula is C41H40FN9O7. The molecule has 10 rings (SSSR count). The average Bonchev–Trinajstić information content (AvgIpc) is 3.83. The van der Waals surface area contributed by atoms with Crippen LogP contribution in [-0.2, 0) is 16.1 Å². The van der Waals surface area contributed by atoms with Gasteiger partial charge >= 0.3 is 0 Å². The molecule has 16 nitrogen and oxygen atoms in total. The fraction of sp³-hybridized carbons (Fsp3) is 0.415. The van der Waals surface area contributed by atoms with E-state index in [4.69, 9.17) is 4.74 Å². The van der Waals surface area contributed by atoms with E-state index >= 15 is 4.39 Å². The van der Waals surface area contributed by atoms with E-state index in [-0.39, 0.29) is 67.6 Å². The number of rotatable bonds is 9. The molecule has 6 aliphatic rings. The van der Waals surface area contributed by atoms with Gasteiger partial charge in [-0.3, -0.25) is 43.9 Å². The van der Waals surface area contributed by atoms with Gasteiger partial charge in [-0.15, -0.1) is 0 Å². The lowest BCUT2D eigenvalue weighted by Crippen LogP contribution is -2.64. The molecule has 6 amide bonds. The zero-order chi connectivity index (χ0) is 39.9. The Hall–Kier alpha value is -6.23. The molecule has 1 aliphatic carbocycles. The number of piperidine rings is 2. The number of anilines is 2. The van der Waals surface area contributed by atoms with E-state index < -0.39 is 35.3 Å². The number of alkyl halides is 1. The van der Waals surface area contributed by atoms with Crippen molar-refractivity contribution in [3.8, 4) is 5.75 Å². The second-order valence-electron chi connectivity index (χ2n) is 16.2. The van der Waals surface area contributed by atoms with Crippen molar-refractivity contribution >= 4 is 52.5 Å². The molecule has 1 saturated carbocycles. The van der Waals surface area contributed by atoms with Crippen LogP contribution in [0.25, 0.3) is 5.65 Å². The average molecular weight is 790 g/mol. The monoisotopic (exact) mass is 789 g/mol. The van der Waals surface area contributed by atoms with Crippen molar-refractivity contribution in [3.63, 3.8) is 0 Å². The Morgan fingerprint density at radius 1 is 0.948 bits per heavy atom. The predicted molar refractivity (Wildman–Crippen MR) is 204 cm³/mol. The number of benzene rings is 2. The SMILES string of the molecule is O=C1CCC(N2C(=O)c3ccc(N4CC(F)(CN5CCC(N6Cc7cc(NC(=O)c8cnn9cccnc89)c(OC8CCC8)cc7C6=O)CC5)C4)cc3C2=O)C(=O)N1. The van der Waals surface area contributed by atoms with Crippen molar-refractivity contribution in [3.05, 3.63) is 82.8 Å². The summed E-state index contributed by atoms with van der Waals surface area (Å²) in [5.41, 5.74) is 2.08. The summed E-state index contributed by atoms with van der Waals surface area (Å²) in [4.78, 5) is 88.8. The van der Waals surface area contributed by atoms with Gasteiger partial charge in [-0.2, -0.15) is 5.10 Å². The number of carbonyl (C=O) groups excluding carboxylic acids is 6. The molecule has 0 spiro atoms. The summed E-state index contributed by atoms with van der Waals surface area (Å²) in [7, 11) is 0. The number of ether oxygens (including phenoxy) is 1. The highest BCUT2D eigenvalue weighted by Crippen LogP contribution is 2.40. The van der Waals surface area contributed by atoms with Crippen molar-refractivity contribution in [1.29, 1.82) is 0 Å². The van der Waals surface area contributed by atoms with Gasteiger partial charge in [-0.05, 0) is 80.5 Å². The molecule has 5 aliphatic heterocycles. The van der Waals surface area contributed by atoms with E-state index in [2.05, 4.69) is 25.6 Å². The Labute approximate surface area is 331 Å². The third kappa shape index (κ3) is 6.15. The maximum Gasteiger partial charge on any atom is 0.262 e. The largest absolute Gasteiger partial charge is 0.488 e. The highest BCUT2D eigenvalue weighted by molar-refractivity contribution is 6.23. The van der Waals surface area contributed by atoms with E-state index in [0.717, 1.165) is 29.7 Å². The Morgan fingerprint density at radius 2 is 1.74 bits per heavy atom. The molecule has 58 heavy (non-hydrogen) atoms. The number of halogens is 1. The number of carbonyl (C=O) groups is 6. The minimum atomic E-state index is -1.48. The summed E-state index contributed by atoms with van der Waals surface area (Å²) >= 11 is 0. The lowest BCUT2D eigenvalue weighted by Gasteiger charge is -2.49. The van der Waals surface area contributed by atoms with Crippen LogP contribution >= 0.6 is 0 Å². The first-order valence-corrected chi connectivity index (χ1v) is 19.8. The van der Waals surface area contributed by atoms with Gasteiger partial charge in [0.1, 0.15) is 17.4 Å². The van der Waals surface area contributed by atoms with Crippen LogP contribution in [0.1, 0.15) is 91.9 Å². The first-order valence-electron chi connectivity index (χ1n) is 19.8. The van der Waals surface area contributed by atoms with E-state index in [1.54, 1.807) is 36.7 Å². The smallest absolute Gasteiger partial charge is 0.262 e. The number of nitrogens with zero attached hydrogens (tertiary/aromatic N) is 7. The van der Waals surface area contributed by atoms with Crippen LogP contribution in [0, 0.1) is 0 Å². The van der Waals surface area contributed by atoms with Gasteiger partial charge in [-0.25, -0.2) is 13.9 Å². The standard InChI is InChI=1S/C41H40FN9O7/c42-41(21-48(22-41)25-5-6-27-29(16-25)40(57)51(39(27)56)32-7-8-34(52)46-37(32)54)20-47-13-9-24(10-14-47)49-19-23-15-31(33(17-28(23)38(49)55)58-26-3-1-4-26)45-36(53)30-18-44-50-12-2-11-43-35(30)50/h2,5-6,11-12,15-18,24,26,32H,1,3-4,7-10,13-14,19-22H2,(H,45,53)(H,46,52,54). The fourth-order valence-electron chi connectivity index (χ4n) is 9.07. The van der Waals surface area contributed by atoms with Crippen molar-refractivity contribution in [2.24, 2.45) is 0 Å². The van der Waals surface area contributed by atoms with Gasteiger partial charge in [0.2, 0.25) is 11.8 Å². The maximum atomic E-state index is 16.1. The first kappa shape index (κ1) is 36.1. The number of nitrogens with one attached hydrogen (secondary N) is 2. The summed E-state index contributed by atoms with van der Waals surface area (Å²) in [6, 6.07) is 9.05. The molecule has 4 fully saturated rings. The highest BCUT2D eigenvalue weighted by Gasteiger charge is 2.48. The van der Waals surface area contributed by atoms with Crippen molar-refractivity contribution in [1.82, 2.24) is 34.6 Å². The number of hydrogen-bond donors (Lipinski definition) is 2.